The standard InChI is InChI=1S/C13H11FO4/c1-8(6-12(15)16)11(13(17)18)7-9-2-4-10(14)5-3-9/h2-7H,1H3,(H,15,16)(H,17,18)/p-2/b8-6+,11-7+. The minimum Gasteiger partial charge on any atom is -0.545 e. The Morgan fingerprint density at radius 1 is 1.17 bits per heavy atom. The average Bonchev–Trinajstić information content (AvgIpc) is 2.26. The fraction of sp³-hybridized carbons (Fsp3) is 0.0769. The summed E-state index contributed by atoms with van der Waals surface area (Å²) in [6.07, 6.45) is 1.86. The molecule has 0 aliphatic carbocycles. The van der Waals surface area contributed by atoms with Gasteiger partial charge in [-0.1, -0.05) is 12.1 Å². The van der Waals surface area contributed by atoms with Crippen LogP contribution in [0.1, 0.15) is 12.5 Å². The molecule has 0 N–H and O–H groups in total. The van der Waals surface area contributed by atoms with Crippen LogP contribution >= 0.6 is 0 Å². The molecule has 0 spiro atoms. The molecule has 4 nitrogen and oxygen atoms in total. The molecule has 94 valence electrons. The van der Waals surface area contributed by atoms with E-state index in [2.05, 4.69) is 0 Å². The monoisotopic (exact) mass is 248 g/mol. The number of carbonyl (C=O) groups excluding carboxylic acids is 2. The van der Waals surface area contributed by atoms with E-state index in [4.69, 9.17) is 0 Å². The van der Waals surface area contributed by atoms with Crippen LogP contribution in [0.5, 0.6) is 0 Å². The predicted octanol–water partition coefficient (Wildman–Crippen LogP) is -0.345. The molecule has 0 heterocycles. The Bertz CT molecular complexity index is 526. The number of carboxylic acid groups (broad SMARTS) is 2. The molecule has 0 bridgehead atoms. The highest BCUT2D eigenvalue weighted by Gasteiger charge is 2.02. The van der Waals surface area contributed by atoms with Gasteiger partial charge in [-0.15, -0.1) is 0 Å². The molecule has 0 aliphatic rings. The van der Waals surface area contributed by atoms with E-state index in [0.717, 1.165) is 12.1 Å². The molecule has 0 saturated carbocycles. The topological polar surface area (TPSA) is 80.3 Å². The first-order chi connectivity index (χ1) is 8.40. The van der Waals surface area contributed by atoms with E-state index in [-0.39, 0.29) is 11.1 Å². The van der Waals surface area contributed by atoms with Crippen LogP contribution < -0.4 is 10.2 Å². The van der Waals surface area contributed by atoms with Gasteiger partial charge in [-0.25, -0.2) is 4.39 Å². The van der Waals surface area contributed by atoms with Gasteiger partial charge in [0.1, 0.15) is 5.82 Å². The SMILES string of the molecule is CC(=C\C(=O)[O-])/C(=C\c1ccc(F)cc1)C(=O)[O-]. The van der Waals surface area contributed by atoms with Gasteiger partial charge in [0.25, 0.3) is 0 Å². The molecule has 18 heavy (non-hydrogen) atoms. The summed E-state index contributed by atoms with van der Waals surface area (Å²) in [6, 6.07) is 5.06. The zero-order chi connectivity index (χ0) is 13.7. The number of carboxylic acids is 2. The van der Waals surface area contributed by atoms with Gasteiger partial charge < -0.3 is 19.8 Å². The first-order valence-corrected chi connectivity index (χ1v) is 4.98. The summed E-state index contributed by atoms with van der Waals surface area (Å²) in [5.41, 5.74) is 0.104. The molecule has 1 rings (SSSR count). The molecule has 0 fully saturated rings. The van der Waals surface area contributed by atoms with Gasteiger partial charge in [-0.3, -0.25) is 0 Å². The second kappa shape index (κ2) is 5.77. The van der Waals surface area contributed by atoms with Gasteiger partial charge >= 0.3 is 0 Å². The van der Waals surface area contributed by atoms with Gasteiger partial charge in [-0.2, -0.15) is 0 Å². The first-order valence-electron chi connectivity index (χ1n) is 4.98. The number of aliphatic carboxylic acids is 2. The molecule has 0 saturated heterocycles. The second-order valence-corrected chi connectivity index (χ2v) is 3.54. The molecule has 1 aromatic rings. The van der Waals surface area contributed by atoms with Crippen LogP contribution in [-0.2, 0) is 9.59 Å². The lowest BCUT2D eigenvalue weighted by Crippen LogP contribution is -2.26. The normalized spacial score (nSPS) is 12.3. The van der Waals surface area contributed by atoms with E-state index in [1.807, 2.05) is 0 Å². The molecule has 0 atom stereocenters. The Kier molecular flexibility index (Phi) is 4.37. The molecule has 0 radical (unpaired) electrons. The Balaban J connectivity index is 3.17. The summed E-state index contributed by atoms with van der Waals surface area (Å²) in [4.78, 5) is 21.2. The van der Waals surface area contributed by atoms with Crippen molar-refractivity contribution in [3.05, 3.63) is 52.9 Å². The van der Waals surface area contributed by atoms with Crippen LogP contribution in [0.2, 0.25) is 0 Å². The third kappa shape index (κ3) is 3.86. The minimum atomic E-state index is -1.52. The van der Waals surface area contributed by atoms with Crippen molar-refractivity contribution < 1.29 is 24.2 Å². The van der Waals surface area contributed by atoms with Crippen molar-refractivity contribution >= 4 is 18.0 Å². The lowest BCUT2D eigenvalue weighted by molar-refractivity contribution is -0.298. The van der Waals surface area contributed by atoms with Crippen LogP contribution in [0.4, 0.5) is 4.39 Å². The predicted molar refractivity (Wildman–Crippen MR) is 58.1 cm³/mol. The van der Waals surface area contributed by atoms with Crippen LogP contribution in [0, 0.1) is 5.82 Å². The fourth-order valence-corrected chi connectivity index (χ4v) is 1.31. The van der Waals surface area contributed by atoms with Crippen molar-refractivity contribution in [1.29, 1.82) is 0 Å². The fourth-order valence-electron chi connectivity index (χ4n) is 1.31. The van der Waals surface area contributed by atoms with E-state index < -0.39 is 17.8 Å². The highest BCUT2D eigenvalue weighted by Crippen LogP contribution is 2.14. The van der Waals surface area contributed by atoms with Crippen molar-refractivity contribution in [2.75, 3.05) is 0 Å². The lowest BCUT2D eigenvalue weighted by atomic mass is 10.0. The van der Waals surface area contributed by atoms with E-state index in [1.54, 1.807) is 0 Å². The third-order valence-corrected chi connectivity index (χ3v) is 2.16. The number of benzene rings is 1. The molecular formula is C13H9FO4-2. The van der Waals surface area contributed by atoms with Crippen molar-refractivity contribution in [3.8, 4) is 0 Å². The number of hydrogen-bond donors (Lipinski definition) is 0. The van der Waals surface area contributed by atoms with Crippen LogP contribution in [0.3, 0.4) is 0 Å². The Morgan fingerprint density at radius 2 is 1.72 bits per heavy atom. The lowest BCUT2D eigenvalue weighted by Gasteiger charge is -2.10. The van der Waals surface area contributed by atoms with Crippen molar-refractivity contribution in [1.82, 2.24) is 0 Å². The molecule has 0 aromatic heterocycles. The number of rotatable bonds is 4. The zero-order valence-electron chi connectivity index (χ0n) is 9.48. The maximum absolute atomic E-state index is 12.7. The van der Waals surface area contributed by atoms with Crippen molar-refractivity contribution in [2.45, 2.75) is 6.92 Å². The summed E-state index contributed by atoms with van der Waals surface area (Å²) in [7, 11) is 0. The van der Waals surface area contributed by atoms with Crippen LogP contribution in [-0.4, -0.2) is 11.9 Å². The van der Waals surface area contributed by atoms with E-state index in [0.29, 0.717) is 11.6 Å². The van der Waals surface area contributed by atoms with Crippen molar-refractivity contribution in [3.63, 3.8) is 0 Å². The maximum Gasteiger partial charge on any atom is 0.123 e. The van der Waals surface area contributed by atoms with Gasteiger partial charge in [0.15, 0.2) is 0 Å². The van der Waals surface area contributed by atoms with Crippen LogP contribution in [0.15, 0.2) is 41.5 Å². The van der Waals surface area contributed by atoms with Gasteiger partial charge in [0.05, 0.1) is 11.9 Å². The summed E-state index contributed by atoms with van der Waals surface area (Å²) >= 11 is 0. The van der Waals surface area contributed by atoms with E-state index in [9.17, 15) is 24.2 Å². The Hall–Kier alpha value is -2.43. The van der Waals surface area contributed by atoms with Gasteiger partial charge in [0, 0.05) is 5.57 Å². The second-order valence-electron chi connectivity index (χ2n) is 3.54. The summed E-state index contributed by atoms with van der Waals surface area (Å²) in [5.74, 6) is -3.47. The molecule has 0 aliphatic heterocycles. The first kappa shape index (κ1) is 13.6. The highest BCUT2D eigenvalue weighted by molar-refractivity contribution is 5.97. The Labute approximate surface area is 103 Å². The number of carbonyl (C=O) groups is 2. The van der Waals surface area contributed by atoms with E-state index >= 15 is 0 Å². The van der Waals surface area contributed by atoms with Gasteiger partial charge in [0.2, 0.25) is 0 Å². The molecular weight excluding hydrogens is 239 g/mol. The van der Waals surface area contributed by atoms with E-state index in [1.165, 1.54) is 25.1 Å². The molecule has 5 heteroatoms. The average molecular weight is 248 g/mol. The summed E-state index contributed by atoms with van der Waals surface area (Å²) < 4.78 is 12.7. The minimum absolute atomic E-state index is 0.0145. The van der Waals surface area contributed by atoms with Crippen molar-refractivity contribution in [2.24, 2.45) is 0 Å². The smallest absolute Gasteiger partial charge is 0.123 e. The largest absolute Gasteiger partial charge is 0.545 e. The van der Waals surface area contributed by atoms with Gasteiger partial charge in [-0.05, 0) is 42.3 Å². The molecule has 1 aromatic carbocycles. The summed E-state index contributed by atoms with van der Waals surface area (Å²) in [6.45, 7) is 1.31. The highest BCUT2D eigenvalue weighted by atomic mass is 19.1. The Morgan fingerprint density at radius 3 is 2.17 bits per heavy atom. The maximum atomic E-state index is 12.7. The number of halogens is 1. The quantitative estimate of drug-likeness (QED) is 0.539. The number of hydrogen-bond acceptors (Lipinski definition) is 4. The van der Waals surface area contributed by atoms with Crippen LogP contribution in [0.25, 0.3) is 6.08 Å². The molecule has 0 unspecified atom stereocenters. The third-order valence-electron chi connectivity index (χ3n) is 2.16. The zero-order valence-corrected chi connectivity index (χ0v) is 9.48. The summed E-state index contributed by atoms with van der Waals surface area (Å²) in [5, 5.41) is 21.2. The molecule has 0 amide bonds.